The lowest BCUT2D eigenvalue weighted by Crippen LogP contribution is -2.46. The summed E-state index contributed by atoms with van der Waals surface area (Å²) >= 11 is 0. The van der Waals surface area contributed by atoms with Gasteiger partial charge in [-0.2, -0.15) is 0 Å². The maximum absolute atomic E-state index is 11.3. The van der Waals surface area contributed by atoms with Gasteiger partial charge in [0.05, 0.1) is 0 Å². The van der Waals surface area contributed by atoms with Crippen LogP contribution < -0.4 is 10.6 Å². The zero-order valence-electron chi connectivity index (χ0n) is 9.17. The van der Waals surface area contributed by atoms with E-state index in [1.165, 1.54) is 0 Å². The lowest BCUT2D eigenvalue weighted by Gasteiger charge is -2.15. The van der Waals surface area contributed by atoms with E-state index in [1.807, 2.05) is 0 Å². The third-order valence-corrected chi connectivity index (χ3v) is 2.79. The Bertz CT molecular complexity index is 261. The summed E-state index contributed by atoms with van der Waals surface area (Å²) in [5, 5.41) is 13.8. The van der Waals surface area contributed by atoms with E-state index in [0.29, 0.717) is 13.0 Å². The predicted molar refractivity (Wildman–Crippen MR) is 55.6 cm³/mol. The zero-order valence-corrected chi connectivity index (χ0v) is 9.17. The smallest absolute Gasteiger partial charge is 0.326 e. The normalized spacial score (nSPS) is 19.1. The molecule has 0 aromatic rings. The Kier molecular flexibility index (Phi) is 3.55. The molecule has 2 amide bonds. The minimum Gasteiger partial charge on any atom is -0.480 e. The molecular weight excluding hydrogens is 196 g/mol. The number of carbonyl (C=O) groups is 2. The van der Waals surface area contributed by atoms with Crippen molar-refractivity contribution in [3.63, 3.8) is 0 Å². The monoisotopic (exact) mass is 214 g/mol. The van der Waals surface area contributed by atoms with Crippen LogP contribution in [0, 0.1) is 5.41 Å². The van der Waals surface area contributed by atoms with Gasteiger partial charge in [-0.25, -0.2) is 9.59 Å². The molecule has 3 N–H and O–H groups in total. The summed E-state index contributed by atoms with van der Waals surface area (Å²) in [6.45, 7) is 4.44. The number of amides is 2. The lowest BCUT2D eigenvalue weighted by molar-refractivity contribution is -0.139. The maximum atomic E-state index is 11.3. The van der Waals surface area contributed by atoms with Gasteiger partial charge in [0.2, 0.25) is 0 Å². The molecule has 0 unspecified atom stereocenters. The molecule has 1 rings (SSSR count). The van der Waals surface area contributed by atoms with Crippen LogP contribution in [0.3, 0.4) is 0 Å². The van der Waals surface area contributed by atoms with Crippen molar-refractivity contribution in [2.75, 3.05) is 6.54 Å². The van der Waals surface area contributed by atoms with E-state index in [9.17, 15) is 9.59 Å². The van der Waals surface area contributed by atoms with E-state index >= 15 is 0 Å². The summed E-state index contributed by atoms with van der Waals surface area (Å²) in [5.74, 6) is -0.995. The van der Waals surface area contributed by atoms with Crippen molar-refractivity contribution >= 4 is 12.0 Å². The highest BCUT2D eigenvalue weighted by Gasteiger charge is 2.37. The second kappa shape index (κ2) is 4.51. The number of carbonyl (C=O) groups excluding carboxylic acids is 1. The molecular formula is C10H18N2O3. The number of carboxylic acids is 1. The van der Waals surface area contributed by atoms with E-state index in [2.05, 4.69) is 17.6 Å². The number of carboxylic acid groups (broad SMARTS) is 1. The van der Waals surface area contributed by atoms with Gasteiger partial charge in [-0.1, -0.05) is 13.8 Å². The molecule has 0 aromatic carbocycles. The molecule has 5 nitrogen and oxygen atoms in total. The largest absolute Gasteiger partial charge is 0.480 e. The van der Waals surface area contributed by atoms with E-state index in [-0.39, 0.29) is 5.41 Å². The van der Waals surface area contributed by atoms with Crippen LogP contribution >= 0.6 is 0 Å². The van der Waals surface area contributed by atoms with Crippen LogP contribution in [-0.4, -0.2) is 29.7 Å². The van der Waals surface area contributed by atoms with Gasteiger partial charge in [0.1, 0.15) is 6.04 Å². The minimum atomic E-state index is -0.995. The Morgan fingerprint density at radius 3 is 2.47 bits per heavy atom. The third-order valence-electron chi connectivity index (χ3n) is 2.79. The number of hydrogen-bond donors (Lipinski definition) is 3. The highest BCUT2D eigenvalue weighted by atomic mass is 16.4. The zero-order chi connectivity index (χ0) is 11.5. The minimum absolute atomic E-state index is 0.238. The van der Waals surface area contributed by atoms with Crippen molar-refractivity contribution in [1.82, 2.24) is 10.6 Å². The summed E-state index contributed by atoms with van der Waals surface area (Å²) in [6, 6.07) is -1.19. The molecule has 1 saturated carbocycles. The average molecular weight is 214 g/mol. The van der Waals surface area contributed by atoms with E-state index < -0.39 is 18.0 Å². The highest BCUT2D eigenvalue weighted by Crippen LogP contribution is 2.43. The molecule has 0 aromatic heterocycles. The first-order valence-corrected chi connectivity index (χ1v) is 5.24. The predicted octanol–water partition coefficient (Wildman–Crippen LogP) is 0.949. The lowest BCUT2D eigenvalue weighted by atomic mass is 10.1. The average Bonchev–Trinajstić information content (AvgIpc) is 2.90. The molecule has 0 heterocycles. The number of aliphatic carboxylic acids is 1. The van der Waals surface area contributed by atoms with Crippen molar-refractivity contribution in [3.05, 3.63) is 0 Å². The topological polar surface area (TPSA) is 78.4 Å². The molecule has 0 spiro atoms. The Labute approximate surface area is 89.2 Å². The van der Waals surface area contributed by atoms with Crippen LogP contribution in [-0.2, 0) is 4.79 Å². The highest BCUT2D eigenvalue weighted by molar-refractivity contribution is 5.82. The first kappa shape index (κ1) is 11.8. The van der Waals surface area contributed by atoms with Gasteiger partial charge < -0.3 is 15.7 Å². The number of rotatable bonds is 5. The molecule has 0 saturated heterocycles. The van der Waals surface area contributed by atoms with Gasteiger partial charge in [-0.15, -0.1) is 0 Å². The number of urea groups is 1. The fraction of sp³-hybridized carbons (Fsp3) is 0.800. The number of nitrogens with one attached hydrogen (secondary N) is 2. The Balaban J connectivity index is 2.25. The molecule has 15 heavy (non-hydrogen) atoms. The van der Waals surface area contributed by atoms with Crippen molar-refractivity contribution in [2.45, 2.75) is 39.2 Å². The first-order valence-electron chi connectivity index (χ1n) is 5.24. The summed E-state index contributed by atoms with van der Waals surface area (Å²) in [7, 11) is 0. The molecule has 5 heteroatoms. The number of hydrogen-bond acceptors (Lipinski definition) is 2. The summed E-state index contributed by atoms with van der Waals surface area (Å²) < 4.78 is 0. The van der Waals surface area contributed by atoms with Crippen LogP contribution in [0.4, 0.5) is 4.79 Å². The van der Waals surface area contributed by atoms with E-state index in [1.54, 1.807) is 6.92 Å². The van der Waals surface area contributed by atoms with Gasteiger partial charge in [-0.05, 0) is 24.7 Å². The van der Waals surface area contributed by atoms with Gasteiger partial charge in [0, 0.05) is 6.54 Å². The molecule has 0 bridgehead atoms. The molecule has 1 aliphatic rings. The second-order valence-electron chi connectivity index (χ2n) is 4.44. The van der Waals surface area contributed by atoms with Crippen molar-refractivity contribution in [3.8, 4) is 0 Å². The van der Waals surface area contributed by atoms with Crippen molar-refractivity contribution in [1.29, 1.82) is 0 Å². The summed E-state index contributed by atoms with van der Waals surface area (Å²) in [6.07, 6.45) is 2.65. The third kappa shape index (κ3) is 3.77. The quantitative estimate of drug-likeness (QED) is 0.637. The first-order chi connectivity index (χ1) is 6.97. The molecule has 1 fully saturated rings. The summed E-state index contributed by atoms with van der Waals surface area (Å²) in [5.41, 5.74) is 0.238. The molecule has 0 aliphatic heterocycles. The fourth-order valence-corrected chi connectivity index (χ4v) is 1.23. The van der Waals surface area contributed by atoms with Gasteiger partial charge >= 0.3 is 12.0 Å². The van der Waals surface area contributed by atoms with Crippen LogP contribution in [0.15, 0.2) is 0 Å². The second-order valence-corrected chi connectivity index (χ2v) is 4.44. The molecule has 1 atom stereocenters. The van der Waals surface area contributed by atoms with Gasteiger partial charge in [0.25, 0.3) is 0 Å². The summed E-state index contributed by atoms with van der Waals surface area (Å²) in [4.78, 5) is 21.9. The molecule has 0 radical (unpaired) electrons. The molecule has 1 aliphatic carbocycles. The van der Waals surface area contributed by atoms with E-state index in [0.717, 1.165) is 12.8 Å². The van der Waals surface area contributed by atoms with Gasteiger partial charge in [0.15, 0.2) is 0 Å². The fourth-order valence-electron chi connectivity index (χ4n) is 1.23. The maximum Gasteiger partial charge on any atom is 0.326 e. The van der Waals surface area contributed by atoms with Crippen LogP contribution in [0.2, 0.25) is 0 Å². The van der Waals surface area contributed by atoms with Crippen molar-refractivity contribution in [2.24, 2.45) is 5.41 Å². The standard InChI is InChI=1S/C10H18N2O3/c1-3-7(8(13)14)12-9(15)11-6-10(2)4-5-10/h7H,3-6H2,1-2H3,(H,13,14)(H2,11,12,15)/t7-/m0/s1. The van der Waals surface area contributed by atoms with E-state index in [4.69, 9.17) is 5.11 Å². The van der Waals surface area contributed by atoms with Crippen LogP contribution in [0.1, 0.15) is 33.1 Å². The van der Waals surface area contributed by atoms with Gasteiger partial charge in [-0.3, -0.25) is 0 Å². The molecule has 86 valence electrons. The van der Waals surface area contributed by atoms with Crippen LogP contribution in [0.5, 0.6) is 0 Å². The van der Waals surface area contributed by atoms with Crippen molar-refractivity contribution < 1.29 is 14.7 Å². The van der Waals surface area contributed by atoms with Crippen LogP contribution in [0.25, 0.3) is 0 Å². The Morgan fingerprint density at radius 2 is 2.07 bits per heavy atom. The Morgan fingerprint density at radius 1 is 1.47 bits per heavy atom. The Hall–Kier alpha value is -1.26. The SMILES string of the molecule is CC[C@H](NC(=O)NCC1(C)CC1)C(=O)O.